The minimum absolute atomic E-state index is 0.0235. The summed E-state index contributed by atoms with van der Waals surface area (Å²) in [5.74, 6) is -1.21. The number of amides is 1. The number of carbonyl (C=O) groups is 2. The highest BCUT2D eigenvalue weighted by Crippen LogP contribution is 2.31. The Labute approximate surface area is 120 Å². The van der Waals surface area contributed by atoms with Gasteiger partial charge in [0.15, 0.2) is 0 Å². The first kappa shape index (κ1) is 15.3. The lowest BCUT2D eigenvalue weighted by Gasteiger charge is -2.37. The van der Waals surface area contributed by atoms with Gasteiger partial charge in [-0.3, -0.25) is 14.5 Å². The molecule has 1 saturated carbocycles. The normalized spacial score (nSPS) is 32.2. The summed E-state index contributed by atoms with van der Waals surface area (Å²) < 4.78 is 0. The molecule has 6 nitrogen and oxygen atoms in total. The van der Waals surface area contributed by atoms with Gasteiger partial charge in [0.1, 0.15) is 0 Å². The Kier molecular flexibility index (Phi) is 4.99. The molecule has 1 aliphatic heterocycles. The van der Waals surface area contributed by atoms with E-state index in [0.717, 1.165) is 19.6 Å². The first-order valence-electron chi connectivity index (χ1n) is 7.36. The van der Waals surface area contributed by atoms with Gasteiger partial charge in [0.05, 0.1) is 5.92 Å². The largest absolute Gasteiger partial charge is 0.481 e. The molecule has 2 fully saturated rings. The Hall–Kier alpha value is -1.14. The summed E-state index contributed by atoms with van der Waals surface area (Å²) in [5.41, 5.74) is 0. The Morgan fingerprint density at radius 2 is 1.90 bits per heavy atom. The van der Waals surface area contributed by atoms with E-state index in [2.05, 4.69) is 29.2 Å². The molecule has 1 heterocycles. The monoisotopic (exact) mass is 283 g/mol. The van der Waals surface area contributed by atoms with Crippen molar-refractivity contribution in [3.8, 4) is 0 Å². The van der Waals surface area contributed by atoms with Crippen molar-refractivity contribution >= 4 is 11.9 Å². The molecular weight excluding hydrogens is 258 g/mol. The maximum absolute atomic E-state index is 12.1. The van der Waals surface area contributed by atoms with Crippen LogP contribution in [0.2, 0.25) is 0 Å². The maximum Gasteiger partial charge on any atom is 0.306 e. The zero-order chi connectivity index (χ0) is 14.7. The number of piperazine rings is 1. The first-order valence-corrected chi connectivity index (χ1v) is 7.36. The second kappa shape index (κ2) is 6.54. The average Bonchev–Trinajstić information content (AvgIpc) is 2.89. The molecule has 0 aromatic carbocycles. The standard InChI is InChI=1S/C14H25N3O3/c1-16-5-6-17(2)12(9-16)8-15-13(18)10-3-4-11(7-10)14(19)20/h10-12H,3-9H2,1-2H3,(H,15,18)(H,19,20). The quantitative estimate of drug-likeness (QED) is 0.751. The maximum atomic E-state index is 12.1. The van der Waals surface area contributed by atoms with E-state index in [4.69, 9.17) is 5.11 Å². The summed E-state index contributed by atoms with van der Waals surface area (Å²) in [6.45, 7) is 3.68. The number of aliphatic carboxylic acids is 1. The van der Waals surface area contributed by atoms with Gasteiger partial charge in [-0.2, -0.15) is 0 Å². The van der Waals surface area contributed by atoms with E-state index in [1.165, 1.54) is 0 Å². The highest BCUT2D eigenvalue weighted by atomic mass is 16.4. The van der Waals surface area contributed by atoms with E-state index in [1.807, 2.05) is 0 Å². The van der Waals surface area contributed by atoms with Gasteiger partial charge in [-0.15, -0.1) is 0 Å². The highest BCUT2D eigenvalue weighted by molar-refractivity contribution is 5.80. The summed E-state index contributed by atoms with van der Waals surface area (Å²) in [5, 5.41) is 12.0. The third kappa shape index (κ3) is 3.70. The van der Waals surface area contributed by atoms with Gasteiger partial charge < -0.3 is 15.3 Å². The summed E-state index contributed by atoms with van der Waals surface area (Å²) in [6, 6.07) is 0.342. The number of hydrogen-bond acceptors (Lipinski definition) is 4. The lowest BCUT2D eigenvalue weighted by Crippen LogP contribution is -2.54. The summed E-state index contributed by atoms with van der Waals surface area (Å²) in [4.78, 5) is 27.6. The lowest BCUT2D eigenvalue weighted by molar-refractivity contribution is -0.141. The van der Waals surface area contributed by atoms with Crippen molar-refractivity contribution in [3.63, 3.8) is 0 Å². The molecule has 2 aliphatic rings. The fourth-order valence-corrected chi connectivity index (χ4v) is 3.13. The molecule has 20 heavy (non-hydrogen) atoms. The summed E-state index contributed by atoms with van der Waals surface area (Å²) in [6.07, 6.45) is 1.81. The van der Waals surface area contributed by atoms with E-state index >= 15 is 0 Å². The molecular formula is C14H25N3O3. The van der Waals surface area contributed by atoms with Gasteiger partial charge in [0.2, 0.25) is 5.91 Å². The van der Waals surface area contributed by atoms with Crippen molar-refractivity contribution in [3.05, 3.63) is 0 Å². The van der Waals surface area contributed by atoms with Gasteiger partial charge in [-0.1, -0.05) is 0 Å². The van der Waals surface area contributed by atoms with Crippen LogP contribution in [-0.4, -0.2) is 73.1 Å². The van der Waals surface area contributed by atoms with Gasteiger partial charge in [-0.25, -0.2) is 0 Å². The van der Waals surface area contributed by atoms with E-state index in [0.29, 0.717) is 31.8 Å². The molecule has 0 radical (unpaired) electrons. The van der Waals surface area contributed by atoms with Crippen molar-refractivity contribution in [2.24, 2.45) is 11.8 Å². The van der Waals surface area contributed by atoms with Crippen LogP contribution in [0.25, 0.3) is 0 Å². The van der Waals surface area contributed by atoms with Crippen molar-refractivity contribution in [2.45, 2.75) is 25.3 Å². The predicted molar refractivity (Wildman–Crippen MR) is 75.4 cm³/mol. The highest BCUT2D eigenvalue weighted by Gasteiger charge is 2.34. The molecule has 0 aromatic heterocycles. The Balaban J connectivity index is 1.76. The number of rotatable bonds is 4. The molecule has 2 rings (SSSR count). The van der Waals surface area contributed by atoms with E-state index < -0.39 is 5.97 Å². The van der Waals surface area contributed by atoms with Gasteiger partial charge in [0, 0.05) is 38.1 Å². The molecule has 0 spiro atoms. The predicted octanol–water partition coefficient (Wildman–Crippen LogP) is -0.151. The smallest absolute Gasteiger partial charge is 0.306 e. The molecule has 1 amide bonds. The molecule has 3 unspecified atom stereocenters. The zero-order valence-corrected chi connectivity index (χ0v) is 12.3. The number of carboxylic acid groups (broad SMARTS) is 1. The van der Waals surface area contributed by atoms with Crippen molar-refractivity contribution in [2.75, 3.05) is 40.3 Å². The molecule has 114 valence electrons. The molecule has 0 aromatic rings. The third-order valence-corrected chi connectivity index (χ3v) is 4.64. The van der Waals surface area contributed by atoms with E-state index in [9.17, 15) is 9.59 Å². The van der Waals surface area contributed by atoms with Crippen LogP contribution < -0.4 is 5.32 Å². The van der Waals surface area contributed by atoms with Crippen LogP contribution in [-0.2, 0) is 9.59 Å². The fourth-order valence-electron chi connectivity index (χ4n) is 3.13. The van der Waals surface area contributed by atoms with Crippen LogP contribution >= 0.6 is 0 Å². The molecule has 1 aliphatic carbocycles. The van der Waals surface area contributed by atoms with E-state index in [1.54, 1.807) is 0 Å². The number of nitrogens with zero attached hydrogens (tertiary/aromatic N) is 2. The van der Waals surface area contributed by atoms with Crippen LogP contribution in [0.4, 0.5) is 0 Å². The number of nitrogens with one attached hydrogen (secondary N) is 1. The van der Waals surface area contributed by atoms with Crippen LogP contribution in [0.1, 0.15) is 19.3 Å². The Morgan fingerprint density at radius 3 is 2.55 bits per heavy atom. The summed E-state index contributed by atoms with van der Waals surface area (Å²) >= 11 is 0. The zero-order valence-electron chi connectivity index (χ0n) is 12.3. The van der Waals surface area contributed by atoms with Crippen LogP contribution in [0.15, 0.2) is 0 Å². The second-order valence-corrected chi connectivity index (χ2v) is 6.19. The summed E-state index contributed by atoms with van der Waals surface area (Å²) in [7, 11) is 4.18. The minimum atomic E-state index is -0.770. The number of carbonyl (C=O) groups excluding carboxylic acids is 1. The van der Waals surface area contributed by atoms with Gasteiger partial charge >= 0.3 is 5.97 Å². The lowest BCUT2D eigenvalue weighted by atomic mass is 10.0. The van der Waals surface area contributed by atoms with Crippen molar-refractivity contribution in [1.82, 2.24) is 15.1 Å². The van der Waals surface area contributed by atoms with Crippen molar-refractivity contribution in [1.29, 1.82) is 0 Å². The molecule has 6 heteroatoms. The van der Waals surface area contributed by atoms with Crippen molar-refractivity contribution < 1.29 is 14.7 Å². The number of likely N-dealkylation sites (N-methyl/N-ethyl adjacent to an activating group) is 2. The topological polar surface area (TPSA) is 72.9 Å². The Bertz CT molecular complexity index is 375. The van der Waals surface area contributed by atoms with Crippen LogP contribution in [0.3, 0.4) is 0 Å². The minimum Gasteiger partial charge on any atom is -0.481 e. The third-order valence-electron chi connectivity index (χ3n) is 4.64. The molecule has 3 atom stereocenters. The van der Waals surface area contributed by atoms with E-state index in [-0.39, 0.29) is 17.7 Å². The van der Waals surface area contributed by atoms with Crippen LogP contribution in [0.5, 0.6) is 0 Å². The molecule has 0 bridgehead atoms. The second-order valence-electron chi connectivity index (χ2n) is 6.19. The number of carboxylic acids is 1. The van der Waals surface area contributed by atoms with Crippen LogP contribution in [0, 0.1) is 11.8 Å². The first-order chi connectivity index (χ1) is 9.47. The molecule has 2 N–H and O–H groups in total. The fraction of sp³-hybridized carbons (Fsp3) is 0.857. The Morgan fingerprint density at radius 1 is 1.20 bits per heavy atom. The number of hydrogen-bond donors (Lipinski definition) is 2. The van der Waals surface area contributed by atoms with Gasteiger partial charge in [-0.05, 0) is 33.4 Å². The SMILES string of the molecule is CN1CCN(C)C(CNC(=O)C2CCC(C(=O)O)C2)C1. The molecule has 1 saturated heterocycles. The average molecular weight is 283 g/mol. The van der Waals surface area contributed by atoms with Gasteiger partial charge in [0.25, 0.3) is 0 Å².